The van der Waals surface area contributed by atoms with E-state index in [9.17, 15) is 9.90 Å². The van der Waals surface area contributed by atoms with E-state index in [1.807, 2.05) is 11.0 Å². The number of ether oxygens (including phenoxy) is 4. The van der Waals surface area contributed by atoms with Crippen molar-refractivity contribution in [2.45, 2.75) is 44.0 Å². The molecule has 9 nitrogen and oxygen atoms in total. The first-order valence-corrected chi connectivity index (χ1v) is 15.1. The molecule has 0 spiro atoms. The van der Waals surface area contributed by atoms with Crippen LogP contribution in [0.5, 0.6) is 5.75 Å². The predicted octanol–water partition coefficient (Wildman–Crippen LogP) is 3.55. The van der Waals surface area contributed by atoms with E-state index in [1.54, 1.807) is 25.4 Å². The first-order chi connectivity index (χ1) is 20.6. The number of β-amino-alcohol motifs (C(OH)–C–C–N with tert-alkyl or cyclic N) is 1. The quantitative estimate of drug-likeness (QED) is 0.411. The molecular weight excluding hydrogens is 534 g/mol. The number of amides is 1. The summed E-state index contributed by atoms with van der Waals surface area (Å²) in [5.41, 5.74) is 4.20. The Kier molecular flexibility index (Phi) is 9.19. The monoisotopic (exact) mass is 575 g/mol. The number of aliphatic hydroxyl groups is 1. The number of pyridine rings is 1. The largest absolute Gasteiger partial charge is 0.491 e. The van der Waals surface area contributed by atoms with Gasteiger partial charge in [-0.1, -0.05) is 35.9 Å². The molecule has 1 aromatic carbocycles. The molecule has 6 rings (SSSR count). The van der Waals surface area contributed by atoms with Gasteiger partial charge in [0.2, 0.25) is 0 Å². The van der Waals surface area contributed by atoms with Gasteiger partial charge in [-0.05, 0) is 42.0 Å². The molecule has 2 aliphatic carbocycles. The van der Waals surface area contributed by atoms with Crippen molar-refractivity contribution >= 4 is 5.91 Å². The first kappa shape index (κ1) is 28.9. The van der Waals surface area contributed by atoms with Gasteiger partial charge in [-0.3, -0.25) is 14.7 Å². The number of hydrogen-bond acceptors (Lipinski definition) is 8. The van der Waals surface area contributed by atoms with Gasteiger partial charge in [-0.25, -0.2) is 0 Å². The molecule has 2 unspecified atom stereocenters. The average molecular weight is 576 g/mol. The molecule has 2 aromatic rings. The molecule has 2 saturated heterocycles. The molecule has 224 valence electrons. The predicted molar refractivity (Wildman–Crippen MR) is 157 cm³/mol. The van der Waals surface area contributed by atoms with Crippen molar-refractivity contribution in [2.24, 2.45) is 5.92 Å². The van der Waals surface area contributed by atoms with E-state index in [2.05, 4.69) is 40.2 Å². The van der Waals surface area contributed by atoms with Crippen molar-refractivity contribution in [2.75, 3.05) is 59.7 Å². The van der Waals surface area contributed by atoms with Crippen LogP contribution < -0.4 is 4.74 Å². The van der Waals surface area contributed by atoms with Gasteiger partial charge in [0.05, 0.1) is 13.2 Å². The summed E-state index contributed by atoms with van der Waals surface area (Å²) < 4.78 is 23.1. The van der Waals surface area contributed by atoms with Gasteiger partial charge in [-0.2, -0.15) is 0 Å². The highest BCUT2D eigenvalue weighted by molar-refractivity contribution is 5.93. The average Bonchev–Trinajstić information content (AvgIpc) is 3.85. The van der Waals surface area contributed by atoms with Gasteiger partial charge in [-0.15, -0.1) is 0 Å². The summed E-state index contributed by atoms with van der Waals surface area (Å²) in [7, 11) is 1.72. The smallest absolute Gasteiger partial charge is 0.272 e. The zero-order valence-electron chi connectivity index (χ0n) is 24.3. The maximum atomic E-state index is 13.1. The number of carbonyl (C=O) groups excluding carboxylic acids is 1. The Labute approximate surface area is 247 Å². The number of aliphatic hydroxyl groups excluding tert-OH is 1. The van der Waals surface area contributed by atoms with E-state index >= 15 is 0 Å². The van der Waals surface area contributed by atoms with Crippen molar-refractivity contribution in [3.05, 3.63) is 82.9 Å². The van der Waals surface area contributed by atoms with Gasteiger partial charge < -0.3 is 29.0 Å². The van der Waals surface area contributed by atoms with Gasteiger partial charge >= 0.3 is 0 Å². The minimum absolute atomic E-state index is 0.113. The Hall–Kier alpha value is -3.24. The van der Waals surface area contributed by atoms with Crippen LogP contribution in [0.25, 0.3) is 0 Å². The lowest BCUT2D eigenvalue weighted by Crippen LogP contribution is -2.51. The highest BCUT2D eigenvalue weighted by Crippen LogP contribution is 2.40. The Morgan fingerprint density at radius 3 is 2.60 bits per heavy atom. The Balaban J connectivity index is 0.973. The van der Waals surface area contributed by atoms with Crippen LogP contribution in [-0.2, 0) is 20.8 Å². The fourth-order valence-corrected chi connectivity index (χ4v) is 5.78. The number of benzene rings is 1. The summed E-state index contributed by atoms with van der Waals surface area (Å²) >= 11 is 0. The van der Waals surface area contributed by atoms with Crippen molar-refractivity contribution < 1.29 is 28.8 Å². The molecule has 1 saturated carbocycles. The van der Waals surface area contributed by atoms with Gasteiger partial charge in [0, 0.05) is 64.4 Å². The molecule has 1 amide bonds. The lowest BCUT2D eigenvalue weighted by atomic mass is 9.84. The van der Waals surface area contributed by atoms with Gasteiger partial charge in [0.15, 0.2) is 0 Å². The minimum atomic E-state index is -0.621. The van der Waals surface area contributed by atoms with Crippen LogP contribution in [0, 0.1) is 5.92 Å². The van der Waals surface area contributed by atoms with E-state index in [0.717, 1.165) is 36.8 Å². The van der Waals surface area contributed by atoms with E-state index in [1.165, 1.54) is 24.0 Å². The van der Waals surface area contributed by atoms with E-state index in [4.69, 9.17) is 18.9 Å². The Bertz CT molecular complexity index is 1280. The molecule has 1 aromatic heterocycles. The van der Waals surface area contributed by atoms with Crippen LogP contribution in [0.2, 0.25) is 0 Å². The summed E-state index contributed by atoms with van der Waals surface area (Å²) in [6.07, 6.45) is 8.34. The second kappa shape index (κ2) is 13.4. The topological polar surface area (TPSA) is 93.6 Å². The maximum Gasteiger partial charge on any atom is 0.272 e. The molecule has 1 N–H and O–H groups in total. The van der Waals surface area contributed by atoms with Crippen LogP contribution in [0.3, 0.4) is 0 Å². The minimum Gasteiger partial charge on any atom is -0.491 e. The van der Waals surface area contributed by atoms with Crippen LogP contribution in [0.4, 0.5) is 0 Å². The number of likely N-dealkylation sites (tertiary alicyclic amines) is 1. The molecule has 0 bridgehead atoms. The molecule has 3 heterocycles. The number of nitrogens with zero attached hydrogens (tertiary/aromatic N) is 3. The SMILES string of the molecule is COC1CC(C2CN(C(=O)c3cc(OCC(O)CN4CCOCC4)ccn3)C2)=CC=C1OCc1ccc(C2CC2)cc1. The van der Waals surface area contributed by atoms with Crippen molar-refractivity contribution in [1.82, 2.24) is 14.8 Å². The number of hydrogen-bond donors (Lipinski definition) is 1. The van der Waals surface area contributed by atoms with E-state index < -0.39 is 6.10 Å². The lowest BCUT2D eigenvalue weighted by molar-refractivity contribution is 0.00464. The van der Waals surface area contributed by atoms with E-state index in [0.29, 0.717) is 50.9 Å². The van der Waals surface area contributed by atoms with Gasteiger partial charge in [0.25, 0.3) is 5.91 Å². The van der Waals surface area contributed by atoms with Crippen LogP contribution in [0.1, 0.15) is 46.8 Å². The lowest BCUT2D eigenvalue weighted by Gasteiger charge is -2.41. The second-order valence-corrected chi connectivity index (χ2v) is 11.7. The number of aromatic nitrogens is 1. The Morgan fingerprint density at radius 1 is 1.07 bits per heavy atom. The van der Waals surface area contributed by atoms with E-state index in [-0.39, 0.29) is 24.5 Å². The third-order valence-electron chi connectivity index (χ3n) is 8.58. The zero-order valence-corrected chi connectivity index (χ0v) is 24.3. The number of morpholine rings is 1. The highest BCUT2D eigenvalue weighted by atomic mass is 16.5. The second-order valence-electron chi connectivity index (χ2n) is 11.7. The fraction of sp³-hybridized carbons (Fsp3) is 0.515. The third kappa shape index (κ3) is 7.21. The highest BCUT2D eigenvalue weighted by Gasteiger charge is 2.36. The summed E-state index contributed by atoms with van der Waals surface area (Å²) in [4.78, 5) is 21.4. The standard InChI is InChI=1S/C33H41N3O6/c1-39-32-16-26(8-9-31(32)42-21-23-2-4-24(5-3-23)25-6-7-25)27-18-36(19-27)33(38)30-17-29(10-11-34-30)41-22-28(37)20-35-12-14-40-15-13-35/h2-5,8-11,17,25,27-28,32,37H,6-7,12-16,18-22H2,1H3. The summed E-state index contributed by atoms with van der Waals surface area (Å²) in [6.45, 7) is 5.49. The molecular formula is C33H41N3O6. The molecule has 2 aliphatic heterocycles. The van der Waals surface area contributed by atoms with Crippen molar-refractivity contribution in [1.29, 1.82) is 0 Å². The van der Waals surface area contributed by atoms with Crippen LogP contribution >= 0.6 is 0 Å². The van der Waals surface area contributed by atoms with Crippen molar-refractivity contribution in [3.63, 3.8) is 0 Å². The number of carbonyl (C=O) groups is 1. The molecule has 4 aliphatic rings. The molecule has 0 radical (unpaired) electrons. The Morgan fingerprint density at radius 2 is 1.86 bits per heavy atom. The molecule has 42 heavy (non-hydrogen) atoms. The van der Waals surface area contributed by atoms with Crippen LogP contribution in [-0.4, -0.2) is 97.7 Å². The number of allylic oxidation sites excluding steroid dienone is 2. The molecule has 9 heteroatoms. The summed E-state index contributed by atoms with van der Waals surface area (Å²) in [5, 5.41) is 10.4. The zero-order chi connectivity index (χ0) is 28.9. The number of methoxy groups -OCH3 is 1. The fourth-order valence-electron chi connectivity index (χ4n) is 5.78. The summed E-state index contributed by atoms with van der Waals surface area (Å²) in [6, 6.07) is 12.1. The third-order valence-corrected chi connectivity index (χ3v) is 8.58. The first-order valence-electron chi connectivity index (χ1n) is 15.1. The van der Waals surface area contributed by atoms with Gasteiger partial charge in [0.1, 0.15) is 42.6 Å². The normalized spacial score (nSPS) is 22.1. The van der Waals surface area contributed by atoms with Crippen molar-refractivity contribution in [3.8, 4) is 5.75 Å². The van der Waals surface area contributed by atoms with Crippen LogP contribution in [0.15, 0.2) is 66.1 Å². The molecule has 3 fully saturated rings. The maximum absolute atomic E-state index is 13.1. The molecule has 2 atom stereocenters. The summed E-state index contributed by atoms with van der Waals surface area (Å²) in [5.74, 6) is 2.30. The number of rotatable bonds is 12.